The highest BCUT2D eigenvalue weighted by atomic mass is 15.0. The zero-order valence-corrected chi connectivity index (χ0v) is 9.11. The van der Waals surface area contributed by atoms with Crippen molar-refractivity contribution in [1.82, 2.24) is 10.3 Å². The van der Waals surface area contributed by atoms with E-state index < -0.39 is 0 Å². The average Bonchev–Trinajstić information content (AvgIpc) is 2.89. The summed E-state index contributed by atoms with van der Waals surface area (Å²) in [5, 5.41) is 3.53. The molecular formula is C14H14N2. The zero-order valence-electron chi connectivity index (χ0n) is 9.11. The van der Waals surface area contributed by atoms with Gasteiger partial charge in [-0.25, -0.2) is 0 Å². The third kappa shape index (κ3) is 1.54. The molecule has 1 N–H and O–H groups in total. The highest BCUT2D eigenvalue weighted by molar-refractivity contribution is 5.69. The van der Waals surface area contributed by atoms with E-state index in [0.29, 0.717) is 12.0 Å². The topological polar surface area (TPSA) is 24.9 Å². The summed E-state index contributed by atoms with van der Waals surface area (Å²) >= 11 is 0. The Morgan fingerprint density at radius 1 is 1.44 bits per heavy atom. The third-order valence-corrected chi connectivity index (χ3v) is 3.53. The van der Waals surface area contributed by atoms with E-state index in [0.717, 1.165) is 18.5 Å². The molecule has 1 aromatic rings. The molecule has 2 aliphatic rings. The van der Waals surface area contributed by atoms with Crippen molar-refractivity contribution in [2.24, 2.45) is 5.92 Å². The standard InChI is InChI=1S/C14H14N2/c1-2-10-5-13(9-15-8-10)12-6-11-3-4-16-14(11)7-12/h1,5-6,8-9,11,14,16H,3-4,7H2/t11-,14+/m1/s1. The van der Waals surface area contributed by atoms with Gasteiger partial charge >= 0.3 is 0 Å². The Kier molecular flexibility index (Phi) is 2.27. The summed E-state index contributed by atoms with van der Waals surface area (Å²) in [6.45, 7) is 1.15. The van der Waals surface area contributed by atoms with E-state index in [1.54, 1.807) is 6.20 Å². The first-order valence-corrected chi connectivity index (χ1v) is 5.73. The molecule has 0 radical (unpaired) electrons. The van der Waals surface area contributed by atoms with Crippen LogP contribution in [0.3, 0.4) is 0 Å². The maximum Gasteiger partial charge on any atom is 0.0432 e. The number of hydrogen-bond donors (Lipinski definition) is 1. The van der Waals surface area contributed by atoms with Crippen molar-refractivity contribution in [2.75, 3.05) is 6.54 Å². The summed E-state index contributed by atoms with van der Waals surface area (Å²) < 4.78 is 0. The number of pyridine rings is 1. The molecule has 0 saturated carbocycles. The summed E-state index contributed by atoms with van der Waals surface area (Å²) in [6.07, 6.45) is 13.8. The quantitative estimate of drug-likeness (QED) is 0.715. The van der Waals surface area contributed by atoms with Crippen LogP contribution in [0.15, 0.2) is 24.5 Å². The molecule has 2 atom stereocenters. The van der Waals surface area contributed by atoms with Crippen molar-refractivity contribution in [1.29, 1.82) is 0 Å². The predicted octanol–water partition coefficient (Wildman–Crippen LogP) is 1.83. The fourth-order valence-electron chi connectivity index (χ4n) is 2.68. The Morgan fingerprint density at radius 3 is 3.19 bits per heavy atom. The average molecular weight is 210 g/mol. The summed E-state index contributed by atoms with van der Waals surface area (Å²) in [4.78, 5) is 4.19. The van der Waals surface area contributed by atoms with Crippen molar-refractivity contribution in [2.45, 2.75) is 18.9 Å². The molecule has 16 heavy (non-hydrogen) atoms. The lowest BCUT2D eigenvalue weighted by atomic mass is 10.0. The van der Waals surface area contributed by atoms with Gasteiger partial charge in [-0.15, -0.1) is 6.42 Å². The van der Waals surface area contributed by atoms with Crippen LogP contribution in [-0.2, 0) is 0 Å². The van der Waals surface area contributed by atoms with Gasteiger partial charge < -0.3 is 5.32 Å². The van der Waals surface area contributed by atoms with Gasteiger partial charge in [0.15, 0.2) is 0 Å². The summed E-state index contributed by atoms with van der Waals surface area (Å²) in [7, 11) is 0. The number of aromatic nitrogens is 1. The van der Waals surface area contributed by atoms with E-state index in [9.17, 15) is 0 Å². The van der Waals surface area contributed by atoms with Crippen molar-refractivity contribution >= 4 is 5.57 Å². The van der Waals surface area contributed by atoms with Crippen molar-refractivity contribution in [3.63, 3.8) is 0 Å². The Bertz CT molecular complexity index is 482. The Hall–Kier alpha value is -1.59. The van der Waals surface area contributed by atoms with Gasteiger partial charge in [-0.1, -0.05) is 12.0 Å². The molecule has 0 unspecified atom stereocenters. The fourth-order valence-corrected chi connectivity index (χ4v) is 2.68. The minimum Gasteiger partial charge on any atom is -0.313 e. The first-order valence-electron chi connectivity index (χ1n) is 5.73. The van der Waals surface area contributed by atoms with Gasteiger partial charge in [0.25, 0.3) is 0 Å². The van der Waals surface area contributed by atoms with Gasteiger partial charge in [0.05, 0.1) is 0 Å². The number of terminal acetylenes is 1. The fraction of sp³-hybridized carbons (Fsp3) is 0.357. The molecule has 2 nitrogen and oxygen atoms in total. The molecule has 0 bridgehead atoms. The first kappa shape index (κ1) is 9.62. The molecule has 0 aromatic carbocycles. The SMILES string of the molecule is C#Cc1cncc(C2=C[C@H]3CCN[C@H]3C2)c1. The van der Waals surface area contributed by atoms with Crippen molar-refractivity contribution in [3.8, 4) is 12.3 Å². The van der Waals surface area contributed by atoms with Crippen LogP contribution in [-0.4, -0.2) is 17.6 Å². The monoisotopic (exact) mass is 210 g/mol. The Morgan fingerprint density at radius 2 is 2.38 bits per heavy atom. The van der Waals surface area contributed by atoms with Gasteiger partial charge in [0.2, 0.25) is 0 Å². The summed E-state index contributed by atoms with van der Waals surface area (Å²) in [5.41, 5.74) is 3.45. The second-order valence-corrected chi connectivity index (χ2v) is 4.52. The van der Waals surface area contributed by atoms with E-state index in [-0.39, 0.29) is 0 Å². The lowest BCUT2D eigenvalue weighted by molar-refractivity contribution is 0.563. The number of rotatable bonds is 1. The van der Waals surface area contributed by atoms with Crippen LogP contribution in [0.1, 0.15) is 24.0 Å². The van der Waals surface area contributed by atoms with Crippen LogP contribution in [0.2, 0.25) is 0 Å². The molecular weight excluding hydrogens is 196 g/mol. The second-order valence-electron chi connectivity index (χ2n) is 4.52. The number of nitrogens with one attached hydrogen (secondary N) is 1. The van der Waals surface area contributed by atoms with Crippen LogP contribution >= 0.6 is 0 Å². The third-order valence-electron chi connectivity index (χ3n) is 3.53. The first-order chi connectivity index (χ1) is 7.86. The molecule has 1 aromatic heterocycles. The smallest absolute Gasteiger partial charge is 0.0432 e. The maximum atomic E-state index is 5.39. The van der Waals surface area contributed by atoms with Crippen LogP contribution < -0.4 is 5.32 Å². The van der Waals surface area contributed by atoms with Gasteiger partial charge in [-0.05, 0) is 42.5 Å². The zero-order chi connectivity index (χ0) is 11.0. The van der Waals surface area contributed by atoms with Crippen LogP contribution in [0.4, 0.5) is 0 Å². The van der Waals surface area contributed by atoms with Crippen LogP contribution in [0.5, 0.6) is 0 Å². The highest BCUT2D eigenvalue weighted by Crippen LogP contribution is 2.35. The molecule has 3 rings (SSSR count). The predicted molar refractivity (Wildman–Crippen MR) is 64.7 cm³/mol. The van der Waals surface area contributed by atoms with Crippen LogP contribution in [0.25, 0.3) is 5.57 Å². The van der Waals surface area contributed by atoms with E-state index in [1.807, 2.05) is 6.20 Å². The Balaban J connectivity index is 1.91. The molecule has 1 saturated heterocycles. The van der Waals surface area contributed by atoms with E-state index in [2.05, 4.69) is 28.4 Å². The molecule has 1 fully saturated rings. The number of nitrogens with zero attached hydrogens (tertiary/aromatic N) is 1. The Labute approximate surface area is 95.8 Å². The molecule has 2 heterocycles. The second kappa shape index (κ2) is 3.77. The van der Waals surface area contributed by atoms with Crippen molar-refractivity contribution in [3.05, 3.63) is 35.7 Å². The largest absolute Gasteiger partial charge is 0.313 e. The van der Waals surface area contributed by atoms with E-state index in [4.69, 9.17) is 6.42 Å². The minimum atomic E-state index is 0.643. The molecule has 80 valence electrons. The number of hydrogen-bond acceptors (Lipinski definition) is 2. The summed E-state index contributed by atoms with van der Waals surface area (Å²) in [6, 6.07) is 2.70. The van der Waals surface area contributed by atoms with Gasteiger partial charge in [-0.3, -0.25) is 4.98 Å². The van der Waals surface area contributed by atoms with Gasteiger partial charge in [0, 0.05) is 24.0 Å². The molecule has 1 aliphatic carbocycles. The van der Waals surface area contributed by atoms with Gasteiger partial charge in [0.1, 0.15) is 0 Å². The maximum absolute atomic E-state index is 5.39. The molecule has 2 heteroatoms. The molecule has 0 spiro atoms. The summed E-state index contributed by atoms with van der Waals surface area (Å²) in [5.74, 6) is 3.35. The van der Waals surface area contributed by atoms with Crippen molar-refractivity contribution < 1.29 is 0 Å². The normalized spacial score (nSPS) is 27.3. The lowest BCUT2D eigenvalue weighted by Gasteiger charge is -2.08. The number of fused-ring (bicyclic) bond motifs is 1. The van der Waals surface area contributed by atoms with E-state index in [1.165, 1.54) is 17.6 Å². The minimum absolute atomic E-state index is 0.643. The van der Waals surface area contributed by atoms with Gasteiger partial charge in [-0.2, -0.15) is 0 Å². The highest BCUT2D eigenvalue weighted by Gasteiger charge is 2.31. The lowest BCUT2D eigenvalue weighted by Crippen LogP contribution is -2.22. The van der Waals surface area contributed by atoms with E-state index >= 15 is 0 Å². The molecule has 1 aliphatic heterocycles. The van der Waals surface area contributed by atoms with Crippen LogP contribution in [0, 0.1) is 18.3 Å². The molecule has 0 amide bonds.